The number of nitrogens with one attached hydrogen (secondary N) is 3. The van der Waals surface area contributed by atoms with E-state index in [-0.39, 0.29) is 17.7 Å². The van der Waals surface area contributed by atoms with E-state index in [1.807, 2.05) is 18.2 Å². The first kappa shape index (κ1) is 24.3. The summed E-state index contributed by atoms with van der Waals surface area (Å²) in [6, 6.07) is 8.82. The molecular weight excluding hydrogens is 450 g/mol. The van der Waals surface area contributed by atoms with Crippen LogP contribution in [0.5, 0.6) is 5.75 Å². The van der Waals surface area contributed by atoms with Crippen molar-refractivity contribution in [1.82, 2.24) is 20.5 Å². The molecule has 1 aromatic heterocycles. The number of carbonyl (C=O) groups is 2. The fourth-order valence-electron chi connectivity index (χ4n) is 5.19. The molecule has 2 saturated heterocycles. The van der Waals surface area contributed by atoms with Crippen LogP contribution in [0.25, 0.3) is 10.9 Å². The number of ether oxygens (including phenoxy) is 1. The van der Waals surface area contributed by atoms with E-state index in [0.717, 1.165) is 30.3 Å². The lowest BCUT2D eigenvalue weighted by Gasteiger charge is -2.31. The van der Waals surface area contributed by atoms with Crippen LogP contribution in [0.1, 0.15) is 29.8 Å². The van der Waals surface area contributed by atoms with E-state index in [0.29, 0.717) is 30.1 Å². The zero-order valence-corrected chi connectivity index (χ0v) is 20.9. The van der Waals surface area contributed by atoms with Crippen LogP contribution in [0.2, 0.25) is 19.1 Å². The molecule has 0 bridgehead atoms. The number of aromatic amines is 1. The number of aliphatic hydroxyl groups excluding tert-OH is 1. The Bertz CT molecular complexity index is 1110. The van der Waals surface area contributed by atoms with E-state index in [9.17, 15) is 20.0 Å². The van der Waals surface area contributed by atoms with Crippen molar-refractivity contribution in [3.63, 3.8) is 0 Å². The molecule has 0 radical (unpaired) electrons. The second kappa shape index (κ2) is 9.78. The normalized spacial score (nSPS) is 25.0. The first-order chi connectivity index (χ1) is 16.2. The molecule has 2 fully saturated rings. The van der Waals surface area contributed by atoms with Crippen LogP contribution in [0, 0.1) is 17.2 Å². The van der Waals surface area contributed by atoms with Gasteiger partial charge in [0.2, 0.25) is 5.91 Å². The maximum atomic E-state index is 13.5. The Hall–Kier alpha value is -2.87. The number of hydrogen-bond acceptors (Lipinski definition) is 6. The van der Waals surface area contributed by atoms with Crippen molar-refractivity contribution < 1.29 is 19.4 Å². The number of H-pyrrole nitrogens is 1. The number of benzene rings is 1. The molecule has 9 nitrogen and oxygen atoms in total. The van der Waals surface area contributed by atoms with Gasteiger partial charge in [-0.1, -0.05) is 19.2 Å². The summed E-state index contributed by atoms with van der Waals surface area (Å²) < 4.78 is 5.41. The minimum atomic E-state index is -1.82. The third-order valence-corrected chi connectivity index (χ3v) is 9.61. The first-order valence-corrected chi connectivity index (χ1v) is 15.2. The summed E-state index contributed by atoms with van der Waals surface area (Å²) in [5.41, 5.74) is 1.21. The fraction of sp³-hybridized carbons (Fsp3) is 0.542. The lowest BCUT2D eigenvalue weighted by Crippen LogP contribution is -2.50. The van der Waals surface area contributed by atoms with Crippen molar-refractivity contribution in [2.75, 3.05) is 19.8 Å². The molecule has 2 amide bonds. The van der Waals surface area contributed by atoms with E-state index in [2.05, 4.69) is 34.8 Å². The van der Waals surface area contributed by atoms with Crippen molar-refractivity contribution in [2.45, 2.75) is 56.7 Å². The van der Waals surface area contributed by atoms with Gasteiger partial charge < -0.3 is 25.0 Å². The summed E-state index contributed by atoms with van der Waals surface area (Å²) in [4.78, 5) is 31.7. The molecule has 4 unspecified atom stereocenters. The molecule has 34 heavy (non-hydrogen) atoms. The third kappa shape index (κ3) is 4.96. The number of aromatic nitrogens is 1. The molecule has 4 rings (SSSR count). The van der Waals surface area contributed by atoms with Crippen molar-refractivity contribution in [3.8, 4) is 11.8 Å². The third-order valence-electron chi connectivity index (χ3n) is 6.92. The Balaban J connectivity index is 1.51. The summed E-state index contributed by atoms with van der Waals surface area (Å²) in [6.07, 6.45) is 2.00. The SMILES string of the molecule is COc1cccc2[nH]c(C(=O)N3C[Si](C)(C)CC3C(=O)NC(C#N)CC3CCCNC3O)cc12. The van der Waals surface area contributed by atoms with Crippen LogP contribution < -0.4 is 15.4 Å². The summed E-state index contributed by atoms with van der Waals surface area (Å²) in [7, 11) is -0.234. The standard InChI is InChI=1S/C24H33N5O4Si/c1-33-21-8-4-7-18-17(21)11-19(28-18)24(32)29-14-34(2,3)13-20(29)23(31)27-16(12-25)10-15-6-5-9-26-22(15)30/h4,7-8,11,15-16,20,22,26,28,30H,5-6,9-10,13-14H2,1-3H3,(H,27,31). The number of nitriles is 1. The number of methoxy groups -OCH3 is 1. The monoisotopic (exact) mass is 483 g/mol. The first-order valence-electron chi connectivity index (χ1n) is 11.8. The zero-order chi connectivity index (χ0) is 24.5. The molecule has 2 aliphatic rings. The van der Waals surface area contributed by atoms with E-state index >= 15 is 0 Å². The number of amides is 2. The van der Waals surface area contributed by atoms with Gasteiger partial charge in [-0.2, -0.15) is 5.26 Å². The second-order valence-corrected chi connectivity index (χ2v) is 15.2. The van der Waals surface area contributed by atoms with E-state index in [1.54, 1.807) is 18.1 Å². The van der Waals surface area contributed by atoms with Crippen LogP contribution in [0.3, 0.4) is 0 Å². The highest BCUT2D eigenvalue weighted by Gasteiger charge is 2.45. The average Bonchev–Trinajstić information content (AvgIpc) is 3.40. The van der Waals surface area contributed by atoms with Gasteiger partial charge >= 0.3 is 0 Å². The molecule has 3 heterocycles. The maximum absolute atomic E-state index is 13.5. The van der Waals surface area contributed by atoms with Crippen molar-refractivity contribution in [2.24, 2.45) is 5.92 Å². The molecule has 4 atom stereocenters. The summed E-state index contributed by atoms with van der Waals surface area (Å²) >= 11 is 0. The van der Waals surface area contributed by atoms with Gasteiger partial charge in [-0.3, -0.25) is 14.9 Å². The highest BCUT2D eigenvalue weighted by atomic mass is 28.3. The molecule has 10 heteroatoms. The number of rotatable bonds is 6. The van der Waals surface area contributed by atoms with Crippen molar-refractivity contribution in [1.29, 1.82) is 5.26 Å². The number of nitrogens with zero attached hydrogens (tertiary/aromatic N) is 2. The summed E-state index contributed by atoms with van der Waals surface area (Å²) in [6.45, 7) is 5.08. The minimum absolute atomic E-state index is 0.0906. The Kier molecular flexibility index (Phi) is 6.98. The molecule has 182 valence electrons. The molecule has 1 aromatic carbocycles. The summed E-state index contributed by atoms with van der Waals surface area (Å²) in [5.74, 6) is 0.0587. The Morgan fingerprint density at radius 3 is 2.91 bits per heavy atom. The van der Waals surface area contributed by atoms with Crippen LogP contribution in [-0.2, 0) is 4.79 Å². The summed E-state index contributed by atoms with van der Waals surface area (Å²) in [5, 5.41) is 26.5. The molecule has 2 aliphatic heterocycles. The van der Waals surface area contributed by atoms with Gasteiger partial charge in [0.05, 0.1) is 21.3 Å². The second-order valence-electron chi connectivity index (χ2n) is 10.1. The van der Waals surface area contributed by atoms with Gasteiger partial charge in [-0.15, -0.1) is 0 Å². The van der Waals surface area contributed by atoms with Crippen molar-refractivity contribution >= 4 is 30.8 Å². The van der Waals surface area contributed by atoms with Gasteiger partial charge in [0.25, 0.3) is 5.91 Å². The maximum Gasteiger partial charge on any atom is 0.270 e. The van der Waals surface area contributed by atoms with Crippen LogP contribution in [0.15, 0.2) is 24.3 Å². The topological polar surface area (TPSA) is 130 Å². The number of fused-ring (bicyclic) bond motifs is 1. The van der Waals surface area contributed by atoms with Gasteiger partial charge in [0.15, 0.2) is 0 Å². The van der Waals surface area contributed by atoms with E-state index < -0.39 is 26.4 Å². The van der Waals surface area contributed by atoms with E-state index in [1.165, 1.54) is 0 Å². The predicted molar refractivity (Wildman–Crippen MR) is 131 cm³/mol. The lowest BCUT2D eigenvalue weighted by atomic mass is 9.91. The quantitative estimate of drug-likeness (QED) is 0.465. The predicted octanol–water partition coefficient (Wildman–Crippen LogP) is 1.96. The zero-order valence-electron chi connectivity index (χ0n) is 19.9. The molecule has 0 spiro atoms. The van der Waals surface area contributed by atoms with Crippen LogP contribution in [0.4, 0.5) is 0 Å². The van der Waals surface area contributed by atoms with Gasteiger partial charge in [-0.25, -0.2) is 0 Å². The largest absolute Gasteiger partial charge is 0.496 e. The molecular formula is C24H33N5O4Si. The Morgan fingerprint density at radius 1 is 1.41 bits per heavy atom. The highest BCUT2D eigenvalue weighted by Crippen LogP contribution is 2.31. The number of hydrogen-bond donors (Lipinski definition) is 4. The van der Waals surface area contributed by atoms with E-state index in [4.69, 9.17) is 4.74 Å². The van der Waals surface area contributed by atoms with Gasteiger partial charge in [-0.05, 0) is 50.1 Å². The van der Waals surface area contributed by atoms with Gasteiger partial charge in [0, 0.05) is 23.0 Å². The van der Waals surface area contributed by atoms with Crippen LogP contribution in [-0.4, -0.2) is 73.0 Å². The molecule has 4 N–H and O–H groups in total. The molecule has 0 aliphatic carbocycles. The smallest absolute Gasteiger partial charge is 0.270 e. The van der Waals surface area contributed by atoms with Crippen LogP contribution >= 0.6 is 0 Å². The Morgan fingerprint density at radius 2 is 2.21 bits per heavy atom. The average molecular weight is 484 g/mol. The van der Waals surface area contributed by atoms with Gasteiger partial charge in [0.1, 0.15) is 29.8 Å². The molecule has 2 aromatic rings. The number of carbonyl (C=O) groups excluding carboxylic acids is 2. The Labute approximate surface area is 200 Å². The lowest BCUT2D eigenvalue weighted by molar-refractivity contribution is -0.125. The molecule has 0 saturated carbocycles. The number of piperidine rings is 1. The fourth-order valence-corrected chi connectivity index (χ4v) is 8.06. The van der Waals surface area contributed by atoms with Crippen molar-refractivity contribution in [3.05, 3.63) is 30.0 Å². The number of aliphatic hydroxyl groups is 1. The highest BCUT2D eigenvalue weighted by molar-refractivity contribution is 6.79. The minimum Gasteiger partial charge on any atom is -0.496 e.